The van der Waals surface area contributed by atoms with Crippen molar-refractivity contribution in [2.45, 2.75) is 6.92 Å². The molecule has 0 fully saturated rings. The van der Waals surface area contributed by atoms with E-state index in [4.69, 9.17) is 4.74 Å². The summed E-state index contributed by atoms with van der Waals surface area (Å²) >= 11 is 0. The smallest absolute Gasteiger partial charge is 0.197 e. The number of aromatic hydroxyl groups is 2. The highest BCUT2D eigenvalue weighted by molar-refractivity contribution is 6.13. The zero-order valence-electron chi connectivity index (χ0n) is 13.1. The molecule has 0 saturated heterocycles. The second kappa shape index (κ2) is 6.87. The number of rotatable bonds is 5. The maximum absolute atomic E-state index is 12.4. The fraction of sp³-hybridized carbons (Fsp3) is 0.111. The molecule has 0 aliphatic rings. The number of phenolic OH excluding ortho intramolecular Hbond substituents is 2. The van der Waals surface area contributed by atoms with Crippen molar-refractivity contribution in [3.05, 3.63) is 58.7 Å². The molecule has 0 heterocycles. The van der Waals surface area contributed by atoms with E-state index >= 15 is 0 Å². The van der Waals surface area contributed by atoms with E-state index in [1.165, 1.54) is 14.0 Å². The molecule has 0 aromatic heterocycles. The summed E-state index contributed by atoms with van der Waals surface area (Å²) in [5, 5.41) is 30.3. The highest BCUT2D eigenvalue weighted by atomic mass is 16.5. The molecule has 2 aromatic carbocycles. The van der Waals surface area contributed by atoms with Crippen molar-refractivity contribution in [2.24, 2.45) is 0 Å². The Morgan fingerprint density at radius 3 is 2.29 bits per heavy atom. The molecule has 0 aliphatic heterocycles. The number of methoxy groups -OCH3 is 1. The SMILES string of the molecule is COc1c(C)c(O)c(C(=O)/C=C(\O)c2ccccc2)c(O)c1C=O. The number of aliphatic hydroxyl groups excluding tert-OH is 1. The number of ether oxygens (including phenoxy) is 1. The quantitative estimate of drug-likeness (QED) is 0.337. The minimum Gasteiger partial charge on any atom is -0.507 e. The summed E-state index contributed by atoms with van der Waals surface area (Å²) in [7, 11) is 1.27. The van der Waals surface area contributed by atoms with E-state index in [1.807, 2.05) is 0 Å². The Morgan fingerprint density at radius 1 is 1.12 bits per heavy atom. The standard InChI is InChI=1S/C18H16O6/c1-10-16(22)15(17(23)12(9-19)18(10)24-2)14(21)8-13(20)11-6-4-3-5-7-11/h3-9,20,22-23H,1-2H3/b13-8-. The molecule has 2 rings (SSSR count). The fourth-order valence-corrected chi connectivity index (χ4v) is 2.35. The Kier molecular flexibility index (Phi) is 4.89. The Morgan fingerprint density at radius 2 is 1.75 bits per heavy atom. The van der Waals surface area contributed by atoms with E-state index in [9.17, 15) is 24.9 Å². The third-order valence-corrected chi connectivity index (χ3v) is 3.57. The Bertz CT molecular complexity index is 821. The number of ketones is 1. The fourth-order valence-electron chi connectivity index (χ4n) is 2.35. The van der Waals surface area contributed by atoms with Gasteiger partial charge in [-0.15, -0.1) is 0 Å². The van der Waals surface area contributed by atoms with Crippen LogP contribution in [0.25, 0.3) is 5.76 Å². The molecule has 124 valence electrons. The first kappa shape index (κ1) is 17.1. The van der Waals surface area contributed by atoms with Gasteiger partial charge in [-0.2, -0.15) is 0 Å². The number of carbonyl (C=O) groups excluding carboxylic acids is 2. The van der Waals surface area contributed by atoms with E-state index < -0.39 is 22.8 Å². The molecule has 0 radical (unpaired) electrons. The molecule has 2 aromatic rings. The van der Waals surface area contributed by atoms with Crippen molar-refractivity contribution in [3.8, 4) is 17.2 Å². The summed E-state index contributed by atoms with van der Waals surface area (Å²) < 4.78 is 4.99. The number of hydrogen-bond donors (Lipinski definition) is 3. The molecule has 0 saturated carbocycles. The van der Waals surface area contributed by atoms with Crippen LogP contribution >= 0.6 is 0 Å². The number of aldehydes is 1. The van der Waals surface area contributed by atoms with Crippen LogP contribution in [0.2, 0.25) is 0 Å². The molecule has 0 unspecified atom stereocenters. The van der Waals surface area contributed by atoms with Crippen LogP contribution in [0.4, 0.5) is 0 Å². The highest BCUT2D eigenvalue weighted by Crippen LogP contribution is 2.41. The number of carbonyl (C=O) groups is 2. The first-order valence-electron chi connectivity index (χ1n) is 7.00. The molecule has 6 nitrogen and oxygen atoms in total. The largest absolute Gasteiger partial charge is 0.507 e. The second-order valence-corrected chi connectivity index (χ2v) is 5.02. The van der Waals surface area contributed by atoms with Crippen LogP contribution in [0.15, 0.2) is 36.4 Å². The van der Waals surface area contributed by atoms with Crippen LogP contribution in [-0.4, -0.2) is 34.5 Å². The number of hydrogen-bond acceptors (Lipinski definition) is 6. The van der Waals surface area contributed by atoms with Gasteiger partial charge in [0.2, 0.25) is 0 Å². The Balaban J connectivity index is 2.58. The first-order chi connectivity index (χ1) is 11.4. The van der Waals surface area contributed by atoms with Crippen molar-refractivity contribution >= 4 is 17.8 Å². The lowest BCUT2D eigenvalue weighted by Crippen LogP contribution is -2.04. The summed E-state index contributed by atoms with van der Waals surface area (Å²) in [6, 6.07) is 8.30. The van der Waals surface area contributed by atoms with Crippen LogP contribution in [0, 0.1) is 6.92 Å². The minimum atomic E-state index is -0.847. The maximum atomic E-state index is 12.4. The van der Waals surface area contributed by atoms with E-state index in [0.29, 0.717) is 11.8 Å². The summed E-state index contributed by atoms with van der Waals surface area (Å²) in [6.07, 6.45) is 1.20. The monoisotopic (exact) mass is 328 g/mol. The average Bonchev–Trinajstić information content (AvgIpc) is 2.58. The van der Waals surface area contributed by atoms with E-state index in [1.54, 1.807) is 30.3 Å². The topological polar surface area (TPSA) is 104 Å². The molecular formula is C18H16O6. The van der Waals surface area contributed by atoms with E-state index in [2.05, 4.69) is 0 Å². The molecule has 24 heavy (non-hydrogen) atoms. The van der Waals surface area contributed by atoms with Crippen LogP contribution in [0.1, 0.15) is 31.8 Å². The predicted octanol–water partition coefficient (Wildman–Crippen LogP) is 3.01. The predicted molar refractivity (Wildman–Crippen MR) is 87.8 cm³/mol. The number of aliphatic hydroxyl groups is 1. The van der Waals surface area contributed by atoms with Gasteiger partial charge in [0.25, 0.3) is 0 Å². The normalized spacial score (nSPS) is 11.2. The van der Waals surface area contributed by atoms with E-state index in [0.717, 1.165) is 6.08 Å². The number of allylic oxidation sites excluding steroid dienone is 1. The highest BCUT2D eigenvalue weighted by Gasteiger charge is 2.25. The van der Waals surface area contributed by atoms with Gasteiger partial charge in [-0.05, 0) is 6.92 Å². The Hall–Kier alpha value is -3.28. The summed E-state index contributed by atoms with van der Waals surface area (Å²) in [4.78, 5) is 23.6. The van der Waals surface area contributed by atoms with Crippen LogP contribution in [0.5, 0.6) is 17.2 Å². The van der Waals surface area contributed by atoms with Crippen molar-refractivity contribution < 1.29 is 29.6 Å². The van der Waals surface area contributed by atoms with Gasteiger partial charge in [-0.3, -0.25) is 9.59 Å². The van der Waals surface area contributed by atoms with Crippen molar-refractivity contribution in [3.63, 3.8) is 0 Å². The molecular weight excluding hydrogens is 312 g/mol. The van der Waals surface area contributed by atoms with Gasteiger partial charge in [-0.1, -0.05) is 30.3 Å². The molecule has 6 heteroatoms. The van der Waals surface area contributed by atoms with Crippen molar-refractivity contribution in [1.29, 1.82) is 0 Å². The number of benzene rings is 2. The summed E-state index contributed by atoms with van der Waals surface area (Å²) in [5.41, 5.74) is -0.194. The zero-order chi connectivity index (χ0) is 17.9. The van der Waals surface area contributed by atoms with Gasteiger partial charge in [0.05, 0.1) is 12.7 Å². The first-order valence-corrected chi connectivity index (χ1v) is 7.00. The summed E-state index contributed by atoms with van der Waals surface area (Å²) in [6.45, 7) is 1.44. The molecule has 0 bridgehead atoms. The van der Waals surface area contributed by atoms with Gasteiger partial charge in [0.15, 0.2) is 12.1 Å². The minimum absolute atomic E-state index is 0.0205. The van der Waals surface area contributed by atoms with Gasteiger partial charge in [0, 0.05) is 17.2 Å². The van der Waals surface area contributed by atoms with Gasteiger partial charge in [-0.25, -0.2) is 0 Å². The lowest BCUT2D eigenvalue weighted by atomic mass is 9.98. The summed E-state index contributed by atoms with van der Waals surface area (Å²) in [5.74, 6) is -2.42. The maximum Gasteiger partial charge on any atom is 0.197 e. The van der Waals surface area contributed by atoms with Crippen LogP contribution in [0.3, 0.4) is 0 Å². The third kappa shape index (κ3) is 2.94. The molecule has 0 spiro atoms. The number of phenols is 2. The Labute approximate surface area is 138 Å². The molecule has 0 aliphatic carbocycles. The van der Waals surface area contributed by atoms with Gasteiger partial charge >= 0.3 is 0 Å². The molecule has 0 amide bonds. The van der Waals surface area contributed by atoms with E-state index in [-0.39, 0.29) is 22.6 Å². The average molecular weight is 328 g/mol. The van der Waals surface area contributed by atoms with Crippen molar-refractivity contribution in [2.75, 3.05) is 7.11 Å². The lowest BCUT2D eigenvalue weighted by Gasteiger charge is -2.14. The lowest BCUT2D eigenvalue weighted by molar-refractivity contribution is 0.104. The van der Waals surface area contributed by atoms with Crippen LogP contribution in [-0.2, 0) is 0 Å². The van der Waals surface area contributed by atoms with Gasteiger partial charge in [0.1, 0.15) is 28.6 Å². The van der Waals surface area contributed by atoms with Crippen LogP contribution < -0.4 is 4.74 Å². The second-order valence-electron chi connectivity index (χ2n) is 5.02. The van der Waals surface area contributed by atoms with Gasteiger partial charge < -0.3 is 20.1 Å². The zero-order valence-corrected chi connectivity index (χ0v) is 13.1. The molecule has 3 N–H and O–H groups in total. The third-order valence-electron chi connectivity index (χ3n) is 3.57. The molecule has 0 atom stereocenters. The van der Waals surface area contributed by atoms with Crippen molar-refractivity contribution in [1.82, 2.24) is 0 Å².